The summed E-state index contributed by atoms with van der Waals surface area (Å²) in [4.78, 5) is 37.3. The van der Waals surface area contributed by atoms with Crippen molar-refractivity contribution in [3.63, 3.8) is 0 Å². The lowest BCUT2D eigenvalue weighted by Gasteiger charge is -2.40. The molecule has 8 heteroatoms. The van der Waals surface area contributed by atoms with Crippen LogP contribution in [-0.2, 0) is 4.79 Å². The summed E-state index contributed by atoms with van der Waals surface area (Å²) < 4.78 is 5.87. The molecule has 0 radical (unpaired) electrons. The Morgan fingerprint density at radius 2 is 1.77 bits per heavy atom. The van der Waals surface area contributed by atoms with Crippen LogP contribution < -0.4 is 9.64 Å². The van der Waals surface area contributed by atoms with Gasteiger partial charge in [0.1, 0.15) is 11.5 Å². The van der Waals surface area contributed by atoms with Crippen molar-refractivity contribution in [1.82, 2.24) is 14.7 Å². The average Bonchev–Trinajstić information content (AvgIpc) is 3.36. The van der Waals surface area contributed by atoms with Crippen molar-refractivity contribution in [2.45, 2.75) is 12.2 Å². The molecule has 2 saturated heterocycles. The molecular weight excluding hydrogens is 394 g/mol. The lowest BCUT2D eigenvalue weighted by molar-refractivity contribution is -0.136. The summed E-state index contributed by atoms with van der Waals surface area (Å²) in [5.41, 5.74) is 0.963. The van der Waals surface area contributed by atoms with Gasteiger partial charge < -0.3 is 19.4 Å². The van der Waals surface area contributed by atoms with E-state index in [9.17, 15) is 9.59 Å². The number of aliphatic imine (C=N–C) groups is 1. The van der Waals surface area contributed by atoms with Crippen molar-refractivity contribution in [2.75, 3.05) is 31.6 Å². The van der Waals surface area contributed by atoms with Gasteiger partial charge in [0.2, 0.25) is 5.96 Å². The summed E-state index contributed by atoms with van der Waals surface area (Å²) in [5.74, 6) is 2.02. The van der Waals surface area contributed by atoms with Gasteiger partial charge in [0.05, 0.1) is 0 Å². The molecule has 0 spiro atoms. The number of fused-ring (bicyclic) bond motifs is 3. The largest absolute Gasteiger partial charge is 0.457 e. The van der Waals surface area contributed by atoms with Crippen molar-refractivity contribution in [1.29, 1.82) is 0 Å². The number of likely N-dealkylation sites (N-methyl/N-ethyl adjacent to an activating group) is 1. The number of nitrogens with zero attached hydrogens (tertiary/aromatic N) is 5. The summed E-state index contributed by atoms with van der Waals surface area (Å²) >= 11 is 0. The second-order valence-electron chi connectivity index (χ2n) is 7.67. The zero-order chi connectivity index (χ0) is 21.5. The van der Waals surface area contributed by atoms with Gasteiger partial charge in [0.25, 0.3) is 5.91 Å². The third-order valence-corrected chi connectivity index (χ3v) is 5.82. The van der Waals surface area contributed by atoms with Crippen molar-refractivity contribution in [3.05, 3.63) is 67.3 Å². The number of urea groups is 1. The van der Waals surface area contributed by atoms with E-state index < -0.39 is 12.2 Å². The first-order valence-electron chi connectivity index (χ1n) is 10.2. The van der Waals surface area contributed by atoms with E-state index in [4.69, 9.17) is 9.73 Å². The SMILES string of the molecule is C=CCN1C(=O)C2C(N=C3N(c4ccc(Oc5ccccc5)cc4)CCN32)N(C)C1=O. The molecule has 0 bridgehead atoms. The highest BCUT2D eigenvalue weighted by Crippen LogP contribution is 2.34. The van der Waals surface area contributed by atoms with Gasteiger partial charge in [0, 0.05) is 32.4 Å². The number of guanidine groups is 1. The summed E-state index contributed by atoms with van der Waals surface area (Å²) in [6.07, 6.45) is 1.05. The van der Waals surface area contributed by atoms with Crippen molar-refractivity contribution >= 4 is 23.6 Å². The molecule has 2 fully saturated rings. The van der Waals surface area contributed by atoms with Gasteiger partial charge in [-0.1, -0.05) is 24.3 Å². The Bertz CT molecular complexity index is 1050. The lowest BCUT2D eigenvalue weighted by Crippen LogP contribution is -2.64. The first-order chi connectivity index (χ1) is 15.1. The molecular formula is C23H23N5O3. The first-order valence-corrected chi connectivity index (χ1v) is 10.2. The lowest BCUT2D eigenvalue weighted by atomic mass is 10.1. The number of imide groups is 1. The minimum absolute atomic E-state index is 0.195. The minimum Gasteiger partial charge on any atom is -0.457 e. The van der Waals surface area contributed by atoms with Gasteiger partial charge in [0.15, 0.2) is 12.2 Å². The molecule has 3 aliphatic rings. The maximum Gasteiger partial charge on any atom is 0.328 e. The molecule has 0 aromatic heterocycles. The molecule has 8 nitrogen and oxygen atoms in total. The monoisotopic (exact) mass is 417 g/mol. The summed E-state index contributed by atoms with van der Waals surface area (Å²) in [5, 5.41) is 0. The summed E-state index contributed by atoms with van der Waals surface area (Å²) in [7, 11) is 1.69. The second kappa shape index (κ2) is 7.46. The van der Waals surface area contributed by atoms with E-state index in [1.54, 1.807) is 13.1 Å². The third-order valence-electron chi connectivity index (χ3n) is 5.82. The van der Waals surface area contributed by atoms with Crippen LogP contribution in [-0.4, -0.2) is 71.5 Å². The molecule has 0 saturated carbocycles. The van der Waals surface area contributed by atoms with E-state index >= 15 is 0 Å². The fourth-order valence-electron chi connectivity index (χ4n) is 4.30. The van der Waals surface area contributed by atoms with Crippen LogP contribution in [0.25, 0.3) is 0 Å². The number of ether oxygens (including phenoxy) is 1. The fraction of sp³-hybridized carbons (Fsp3) is 0.261. The molecule has 3 heterocycles. The number of hydrogen-bond donors (Lipinski definition) is 0. The van der Waals surface area contributed by atoms with Crippen LogP contribution in [0.3, 0.4) is 0 Å². The number of anilines is 1. The van der Waals surface area contributed by atoms with Crippen LogP contribution in [0.15, 0.2) is 72.2 Å². The number of para-hydroxylation sites is 1. The van der Waals surface area contributed by atoms with Crippen LogP contribution in [0.2, 0.25) is 0 Å². The third kappa shape index (κ3) is 3.11. The number of carbonyl (C=O) groups is 2. The van der Waals surface area contributed by atoms with Gasteiger partial charge >= 0.3 is 6.03 Å². The number of hydrogen-bond acceptors (Lipinski definition) is 6. The quantitative estimate of drug-likeness (QED) is 0.700. The molecule has 0 N–H and O–H groups in total. The maximum atomic E-state index is 13.0. The highest BCUT2D eigenvalue weighted by molar-refractivity contribution is 6.08. The molecule has 31 heavy (non-hydrogen) atoms. The summed E-state index contributed by atoms with van der Waals surface area (Å²) in [6, 6.07) is 16.6. The Hall–Kier alpha value is -3.81. The van der Waals surface area contributed by atoms with Crippen molar-refractivity contribution in [3.8, 4) is 11.5 Å². The Labute approximate surface area is 180 Å². The van der Waals surface area contributed by atoms with Gasteiger partial charge in [-0.3, -0.25) is 9.69 Å². The number of carbonyl (C=O) groups excluding carboxylic acids is 2. The van der Waals surface area contributed by atoms with E-state index in [2.05, 4.69) is 11.5 Å². The van der Waals surface area contributed by atoms with Crippen LogP contribution in [0, 0.1) is 0 Å². The van der Waals surface area contributed by atoms with Crippen molar-refractivity contribution < 1.29 is 14.3 Å². The smallest absolute Gasteiger partial charge is 0.328 e. The predicted octanol–water partition coefficient (Wildman–Crippen LogP) is 2.75. The molecule has 2 atom stereocenters. The Balaban J connectivity index is 1.37. The molecule has 158 valence electrons. The van der Waals surface area contributed by atoms with Crippen LogP contribution in [0.5, 0.6) is 11.5 Å². The highest BCUT2D eigenvalue weighted by Gasteiger charge is 2.54. The first kappa shape index (κ1) is 19.2. The normalized spacial score (nSPS) is 22.4. The van der Waals surface area contributed by atoms with Gasteiger partial charge in [-0.05, 0) is 36.4 Å². The minimum atomic E-state index is -0.514. The van der Waals surface area contributed by atoms with E-state index in [0.29, 0.717) is 13.1 Å². The second-order valence-corrected chi connectivity index (χ2v) is 7.67. The van der Waals surface area contributed by atoms with E-state index in [1.807, 2.05) is 59.5 Å². The Morgan fingerprint density at radius 1 is 1.06 bits per heavy atom. The fourth-order valence-corrected chi connectivity index (χ4v) is 4.30. The molecule has 2 aromatic rings. The predicted molar refractivity (Wildman–Crippen MR) is 117 cm³/mol. The number of amides is 3. The van der Waals surface area contributed by atoms with Crippen LogP contribution in [0.1, 0.15) is 0 Å². The van der Waals surface area contributed by atoms with Gasteiger partial charge in [-0.25, -0.2) is 9.79 Å². The van der Waals surface area contributed by atoms with E-state index in [-0.39, 0.29) is 18.5 Å². The zero-order valence-electron chi connectivity index (χ0n) is 17.2. The maximum absolute atomic E-state index is 13.0. The average molecular weight is 417 g/mol. The van der Waals surface area contributed by atoms with Crippen molar-refractivity contribution in [2.24, 2.45) is 4.99 Å². The topological polar surface area (TPSA) is 68.7 Å². The molecule has 3 aliphatic heterocycles. The van der Waals surface area contributed by atoms with Gasteiger partial charge in [-0.2, -0.15) is 0 Å². The zero-order valence-corrected chi connectivity index (χ0v) is 17.2. The molecule has 5 rings (SSSR count). The highest BCUT2D eigenvalue weighted by atomic mass is 16.5. The van der Waals surface area contributed by atoms with Crippen LogP contribution in [0.4, 0.5) is 10.5 Å². The molecule has 0 aliphatic carbocycles. The molecule has 3 amide bonds. The van der Waals surface area contributed by atoms with Gasteiger partial charge in [-0.15, -0.1) is 6.58 Å². The number of rotatable bonds is 5. The Kier molecular flexibility index (Phi) is 4.62. The molecule has 2 unspecified atom stereocenters. The van der Waals surface area contributed by atoms with Crippen LogP contribution >= 0.6 is 0 Å². The Morgan fingerprint density at radius 3 is 2.48 bits per heavy atom. The summed E-state index contributed by atoms with van der Waals surface area (Å²) in [6.45, 7) is 5.24. The van der Waals surface area contributed by atoms with E-state index in [0.717, 1.165) is 23.1 Å². The standard InChI is InChI=1S/C23H23N5O3/c1-3-13-28-21(29)19-20(25(2)23(28)30)24-22-26(14-15-27(19)22)16-9-11-18(12-10-16)31-17-7-5-4-6-8-17/h3-12,19-20H,1,13-15H2,2H3. The molecule has 2 aromatic carbocycles. The number of benzene rings is 2. The van der Waals surface area contributed by atoms with E-state index in [1.165, 1.54) is 9.80 Å².